The van der Waals surface area contributed by atoms with Gasteiger partial charge in [0.2, 0.25) is 5.91 Å². The molecular formula is C13H10N4O. The molecule has 88 valence electrons. The van der Waals surface area contributed by atoms with Crippen molar-refractivity contribution in [1.29, 1.82) is 0 Å². The Hall–Kier alpha value is -2.69. The van der Waals surface area contributed by atoms with Gasteiger partial charge in [-0.2, -0.15) is 15.4 Å². The number of hydrogen-bond donors (Lipinski definition) is 2. The van der Waals surface area contributed by atoms with Gasteiger partial charge >= 0.3 is 0 Å². The number of amides is 1. The van der Waals surface area contributed by atoms with Crippen LogP contribution in [0.25, 0.3) is 22.2 Å². The van der Waals surface area contributed by atoms with Crippen LogP contribution in [0.4, 0.5) is 0 Å². The summed E-state index contributed by atoms with van der Waals surface area (Å²) in [5.74, 6) is -0.423. The van der Waals surface area contributed by atoms with Crippen LogP contribution in [0.15, 0.2) is 42.5 Å². The van der Waals surface area contributed by atoms with Crippen LogP contribution in [0.5, 0.6) is 0 Å². The zero-order chi connectivity index (χ0) is 12.5. The number of fused-ring (bicyclic) bond motifs is 1. The quantitative estimate of drug-likeness (QED) is 0.712. The van der Waals surface area contributed by atoms with Crippen LogP contribution in [0.1, 0.15) is 10.4 Å². The number of benzene rings is 2. The summed E-state index contributed by atoms with van der Waals surface area (Å²) >= 11 is 0. The summed E-state index contributed by atoms with van der Waals surface area (Å²) in [6.07, 6.45) is 0. The predicted octanol–water partition coefficient (Wildman–Crippen LogP) is 1.72. The van der Waals surface area contributed by atoms with Crippen molar-refractivity contribution >= 4 is 16.9 Å². The van der Waals surface area contributed by atoms with Gasteiger partial charge in [0.1, 0.15) is 11.0 Å². The predicted molar refractivity (Wildman–Crippen MR) is 67.8 cm³/mol. The number of carbonyl (C=O) groups excluding carboxylic acids is 1. The largest absolute Gasteiger partial charge is 0.366 e. The number of H-pyrrole nitrogens is 1. The molecule has 2 aromatic carbocycles. The van der Waals surface area contributed by atoms with Crippen molar-refractivity contribution < 1.29 is 4.79 Å². The van der Waals surface area contributed by atoms with E-state index in [1.165, 1.54) is 0 Å². The molecule has 0 bridgehead atoms. The molecule has 0 aliphatic rings. The Morgan fingerprint density at radius 3 is 2.33 bits per heavy atom. The normalized spacial score (nSPS) is 10.7. The number of rotatable bonds is 2. The van der Waals surface area contributed by atoms with E-state index in [1.807, 2.05) is 30.3 Å². The van der Waals surface area contributed by atoms with E-state index in [1.54, 1.807) is 12.1 Å². The van der Waals surface area contributed by atoms with E-state index in [9.17, 15) is 4.79 Å². The van der Waals surface area contributed by atoms with Gasteiger partial charge in [0, 0.05) is 5.56 Å². The van der Waals surface area contributed by atoms with Crippen molar-refractivity contribution in [2.24, 2.45) is 5.73 Å². The van der Waals surface area contributed by atoms with E-state index in [2.05, 4.69) is 15.4 Å². The van der Waals surface area contributed by atoms with Crippen molar-refractivity contribution in [1.82, 2.24) is 15.4 Å². The van der Waals surface area contributed by atoms with Gasteiger partial charge in [0.05, 0.1) is 0 Å². The fourth-order valence-electron chi connectivity index (χ4n) is 1.85. The van der Waals surface area contributed by atoms with Crippen molar-refractivity contribution in [3.05, 3.63) is 48.0 Å². The van der Waals surface area contributed by atoms with Gasteiger partial charge in [0.25, 0.3) is 0 Å². The molecule has 0 unspecified atom stereocenters. The zero-order valence-electron chi connectivity index (χ0n) is 9.42. The van der Waals surface area contributed by atoms with E-state index in [0.29, 0.717) is 5.56 Å². The molecule has 5 nitrogen and oxygen atoms in total. The maximum absolute atomic E-state index is 11.0. The molecule has 3 N–H and O–H groups in total. The molecule has 1 amide bonds. The lowest BCUT2D eigenvalue weighted by molar-refractivity contribution is 0.100. The molecule has 0 radical (unpaired) electrons. The molecule has 1 aromatic heterocycles. The average molecular weight is 238 g/mol. The van der Waals surface area contributed by atoms with Gasteiger partial charge in [-0.25, -0.2) is 0 Å². The third kappa shape index (κ3) is 1.71. The Balaban J connectivity index is 2.05. The second-order valence-electron chi connectivity index (χ2n) is 3.97. The molecule has 0 aliphatic carbocycles. The Morgan fingerprint density at radius 2 is 1.61 bits per heavy atom. The molecule has 0 atom stereocenters. The lowest BCUT2D eigenvalue weighted by Crippen LogP contribution is -2.10. The number of carbonyl (C=O) groups is 1. The molecular weight excluding hydrogens is 228 g/mol. The highest BCUT2D eigenvalue weighted by molar-refractivity contribution is 5.93. The second kappa shape index (κ2) is 3.96. The van der Waals surface area contributed by atoms with Crippen LogP contribution in [0.2, 0.25) is 0 Å². The lowest BCUT2D eigenvalue weighted by Gasteiger charge is -2.02. The Kier molecular flexibility index (Phi) is 2.30. The van der Waals surface area contributed by atoms with E-state index in [4.69, 9.17) is 5.73 Å². The first-order valence-corrected chi connectivity index (χ1v) is 5.45. The summed E-state index contributed by atoms with van der Waals surface area (Å²) in [5.41, 5.74) is 9.37. The minimum absolute atomic E-state index is 0.423. The van der Waals surface area contributed by atoms with E-state index < -0.39 is 5.91 Å². The van der Waals surface area contributed by atoms with Crippen LogP contribution >= 0.6 is 0 Å². The number of nitrogens with two attached hydrogens (primary N) is 1. The molecule has 0 spiro atoms. The summed E-state index contributed by atoms with van der Waals surface area (Å²) in [7, 11) is 0. The fraction of sp³-hybridized carbons (Fsp3) is 0. The minimum Gasteiger partial charge on any atom is -0.366 e. The second-order valence-corrected chi connectivity index (χ2v) is 3.97. The smallest absolute Gasteiger partial charge is 0.248 e. The number of hydrogen-bond acceptors (Lipinski definition) is 3. The molecule has 1 heterocycles. The van der Waals surface area contributed by atoms with E-state index in [-0.39, 0.29) is 0 Å². The van der Waals surface area contributed by atoms with Gasteiger partial charge in [-0.3, -0.25) is 4.79 Å². The molecule has 18 heavy (non-hydrogen) atoms. The number of nitrogens with zero attached hydrogens (tertiary/aromatic N) is 2. The lowest BCUT2D eigenvalue weighted by atomic mass is 10.0. The van der Waals surface area contributed by atoms with E-state index in [0.717, 1.165) is 22.2 Å². The van der Waals surface area contributed by atoms with Gasteiger partial charge in [0.15, 0.2) is 0 Å². The molecule has 0 aliphatic heterocycles. The van der Waals surface area contributed by atoms with Crippen LogP contribution in [0, 0.1) is 0 Å². The summed E-state index contributed by atoms with van der Waals surface area (Å²) in [6.45, 7) is 0. The van der Waals surface area contributed by atoms with Crippen LogP contribution < -0.4 is 5.73 Å². The number of nitrogens with one attached hydrogen (secondary N) is 1. The number of primary amides is 1. The summed E-state index contributed by atoms with van der Waals surface area (Å²) in [4.78, 5) is 11.0. The number of aromatic amines is 1. The zero-order valence-corrected chi connectivity index (χ0v) is 9.42. The van der Waals surface area contributed by atoms with Crippen molar-refractivity contribution in [2.75, 3.05) is 0 Å². The van der Waals surface area contributed by atoms with Gasteiger partial charge in [-0.1, -0.05) is 18.2 Å². The van der Waals surface area contributed by atoms with Crippen molar-refractivity contribution in [2.45, 2.75) is 0 Å². The Labute approximate surface area is 103 Å². The van der Waals surface area contributed by atoms with Crippen LogP contribution in [-0.4, -0.2) is 21.3 Å². The Bertz CT molecular complexity index is 715. The van der Waals surface area contributed by atoms with Crippen LogP contribution in [-0.2, 0) is 0 Å². The molecule has 5 heteroatoms. The van der Waals surface area contributed by atoms with Crippen molar-refractivity contribution in [3.63, 3.8) is 0 Å². The maximum Gasteiger partial charge on any atom is 0.248 e. The van der Waals surface area contributed by atoms with Crippen LogP contribution in [0.3, 0.4) is 0 Å². The first kappa shape index (κ1) is 10.5. The monoisotopic (exact) mass is 238 g/mol. The highest BCUT2D eigenvalue weighted by Gasteiger charge is 2.04. The fourth-order valence-corrected chi connectivity index (χ4v) is 1.85. The minimum atomic E-state index is -0.423. The highest BCUT2D eigenvalue weighted by atomic mass is 16.1. The van der Waals surface area contributed by atoms with E-state index >= 15 is 0 Å². The standard InChI is InChI=1S/C13H10N4O/c14-13(18)9-3-1-8(2-4-9)10-5-6-11-12(7-10)16-17-15-11/h1-7H,(H2,14,18)(H,15,16,17). The average Bonchev–Trinajstić information content (AvgIpc) is 2.86. The topological polar surface area (TPSA) is 84.7 Å². The summed E-state index contributed by atoms with van der Waals surface area (Å²) in [6, 6.07) is 13.0. The Morgan fingerprint density at radius 1 is 0.944 bits per heavy atom. The maximum atomic E-state index is 11.0. The van der Waals surface area contributed by atoms with Crippen molar-refractivity contribution in [3.8, 4) is 11.1 Å². The molecule has 0 saturated heterocycles. The highest BCUT2D eigenvalue weighted by Crippen LogP contribution is 2.22. The third-order valence-electron chi connectivity index (χ3n) is 2.82. The summed E-state index contributed by atoms with van der Waals surface area (Å²) in [5, 5.41) is 10.6. The number of aromatic nitrogens is 3. The third-order valence-corrected chi connectivity index (χ3v) is 2.82. The van der Waals surface area contributed by atoms with Gasteiger partial charge < -0.3 is 5.73 Å². The molecule has 3 rings (SSSR count). The van der Waals surface area contributed by atoms with Gasteiger partial charge in [-0.05, 0) is 35.4 Å². The SMILES string of the molecule is NC(=O)c1ccc(-c2ccc3n[nH]nc3c2)cc1. The van der Waals surface area contributed by atoms with Gasteiger partial charge in [-0.15, -0.1) is 0 Å². The molecule has 0 saturated carbocycles. The first-order valence-electron chi connectivity index (χ1n) is 5.45. The molecule has 3 aromatic rings. The summed E-state index contributed by atoms with van der Waals surface area (Å²) < 4.78 is 0. The molecule has 0 fully saturated rings. The first-order chi connectivity index (χ1) is 8.74.